The molecule has 4 nitrogen and oxygen atoms in total. The van der Waals surface area contributed by atoms with Crippen molar-refractivity contribution in [1.82, 2.24) is 0 Å². The predicted octanol–water partition coefficient (Wildman–Crippen LogP) is 3.08. The van der Waals surface area contributed by atoms with E-state index >= 15 is 0 Å². The summed E-state index contributed by atoms with van der Waals surface area (Å²) in [5.74, 6) is 0.568. The van der Waals surface area contributed by atoms with Crippen LogP contribution in [0.1, 0.15) is 5.56 Å². The lowest BCUT2D eigenvalue weighted by Gasteiger charge is -2.05. The topological polar surface area (TPSA) is 70.6 Å². The average Bonchev–Trinajstić information content (AvgIpc) is 2.41. The van der Waals surface area contributed by atoms with Gasteiger partial charge >= 0.3 is 0 Å². The second-order valence-corrected chi connectivity index (χ2v) is 4.83. The molecule has 98 valence electrons. The first-order valence-electron chi connectivity index (χ1n) is 5.74. The molecule has 2 rings (SSSR count). The first-order valence-corrected chi connectivity index (χ1v) is 6.54. The fourth-order valence-electron chi connectivity index (χ4n) is 1.53. The molecule has 0 fully saturated rings. The van der Waals surface area contributed by atoms with Crippen molar-refractivity contribution in [1.29, 1.82) is 0 Å². The number of hydrogen-bond donors (Lipinski definition) is 3. The van der Waals surface area contributed by atoms with Crippen LogP contribution in [0.25, 0.3) is 0 Å². The van der Waals surface area contributed by atoms with Gasteiger partial charge in [0.25, 0.3) is 0 Å². The lowest BCUT2D eigenvalue weighted by Crippen LogP contribution is -2.22. The first-order chi connectivity index (χ1) is 9.15. The van der Waals surface area contributed by atoms with E-state index in [1.54, 1.807) is 12.1 Å². The van der Waals surface area contributed by atoms with Crippen LogP contribution in [-0.4, -0.2) is 11.1 Å². The zero-order valence-corrected chi connectivity index (χ0v) is 11.8. The van der Waals surface area contributed by atoms with Gasteiger partial charge < -0.3 is 16.2 Å². The van der Waals surface area contributed by atoms with Gasteiger partial charge in [-0.05, 0) is 45.8 Å². The second-order valence-electron chi connectivity index (χ2n) is 3.98. The number of benzene rings is 2. The van der Waals surface area contributed by atoms with Crippen LogP contribution in [0.2, 0.25) is 0 Å². The van der Waals surface area contributed by atoms with E-state index in [1.165, 1.54) is 0 Å². The molecule has 0 aromatic heterocycles. The van der Waals surface area contributed by atoms with Crippen LogP contribution in [0.15, 0.2) is 58.0 Å². The summed E-state index contributed by atoms with van der Waals surface area (Å²) in [5.41, 5.74) is 7.66. The minimum absolute atomic E-state index is 0.211. The number of aliphatic imine (C=N–C) groups is 1. The molecule has 0 amide bonds. The maximum atomic E-state index is 9.40. The molecule has 2 aromatic carbocycles. The number of halogens is 1. The van der Waals surface area contributed by atoms with Crippen molar-refractivity contribution in [3.63, 3.8) is 0 Å². The van der Waals surface area contributed by atoms with Gasteiger partial charge in [0.2, 0.25) is 0 Å². The summed E-state index contributed by atoms with van der Waals surface area (Å²) in [5, 5.41) is 12.4. The number of nitrogens with one attached hydrogen (secondary N) is 1. The number of aromatic hydroxyl groups is 1. The summed E-state index contributed by atoms with van der Waals surface area (Å²) in [4.78, 5) is 4.24. The Labute approximate surface area is 120 Å². The Morgan fingerprint density at radius 3 is 2.63 bits per heavy atom. The molecular formula is C14H14BrN3O. The van der Waals surface area contributed by atoms with E-state index in [4.69, 9.17) is 5.73 Å². The Hall–Kier alpha value is -2.01. The molecule has 0 bridgehead atoms. The van der Waals surface area contributed by atoms with Crippen molar-refractivity contribution in [2.45, 2.75) is 6.54 Å². The number of phenolic OH excluding ortho intramolecular Hbond substituents is 1. The summed E-state index contributed by atoms with van der Waals surface area (Å²) >= 11 is 3.26. The maximum Gasteiger partial charge on any atom is 0.193 e. The number of rotatable bonds is 3. The van der Waals surface area contributed by atoms with Crippen LogP contribution in [-0.2, 0) is 6.54 Å². The molecule has 0 aliphatic carbocycles. The standard InChI is InChI=1S/C14H14BrN3O/c15-12-8-10(6-7-13(12)19)9-17-14(16)18-11-4-2-1-3-5-11/h1-8,19H,9H2,(H3,16,17,18). The average molecular weight is 320 g/mol. The van der Waals surface area contributed by atoms with Crippen molar-refractivity contribution in [3.8, 4) is 5.75 Å². The maximum absolute atomic E-state index is 9.40. The van der Waals surface area contributed by atoms with E-state index in [9.17, 15) is 5.11 Å². The molecule has 0 aliphatic heterocycles. The lowest BCUT2D eigenvalue weighted by molar-refractivity contribution is 0.471. The van der Waals surface area contributed by atoms with E-state index in [0.29, 0.717) is 17.0 Å². The van der Waals surface area contributed by atoms with Gasteiger partial charge in [0.15, 0.2) is 5.96 Å². The number of anilines is 1. The summed E-state index contributed by atoms with van der Waals surface area (Å²) in [6.45, 7) is 0.449. The molecule has 0 saturated heterocycles. The zero-order valence-electron chi connectivity index (χ0n) is 10.2. The van der Waals surface area contributed by atoms with Gasteiger partial charge in [-0.3, -0.25) is 0 Å². The van der Waals surface area contributed by atoms with Crippen molar-refractivity contribution in [2.75, 3.05) is 5.32 Å². The fraction of sp³-hybridized carbons (Fsp3) is 0.0714. The van der Waals surface area contributed by atoms with Gasteiger partial charge in [-0.25, -0.2) is 4.99 Å². The Balaban J connectivity index is 1.99. The van der Waals surface area contributed by atoms with Gasteiger partial charge in [-0.2, -0.15) is 0 Å². The molecule has 4 N–H and O–H groups in total. The van der Waals surface area contributed by atoms with Gasteiger partial charge in [-0.15, -0.1) is 0 Å². The van der Waals surface area contributed by atoms with Crippen molar-refractivity contribution in [3.05, 3.63) is 58.6 Å². The molecule has 0 saturated carbocycles. The SMILES string of the molecule is NC(=NCc1ccc(O)c(Br)c1)Nc1ccccc1. The third-order valence-electron chi connectivity index (χ3n) is 2.49. The summed E-state index contributed by atoms with van der Waals surface area (Å²) in [7, 11) is 0. The highest BCUT2D eigenvalue weighted by Crippen LogP contribution is 2.24. The van der Waals surface area contributed by atoms with Crippen molar-refractivity contribution >= 4 is 27.6 Å². The van der Waals surface area contributed by atoms with E-state index in [0.717, 1.165) is 11.3 Å². The molecule has 0 radical (unpaired) electrons. The Kier molecular flexibility index (Phi) is 4.41. The van der Waals surface area contributed by atoms with E-state index in [1.807, 2.05) is 36.4 Å². The predicted molar refractivity (Wildman–Crippen MR) is 81.2 cm³/mol. The number of hydrogen-bond acceptors (Lipinski definition) is 2. The number of nitrogens with two attached hydrogens (primary N) is 1. The van der Waals surface area contributed by atoms with Crippen molar-refractivity contribution < 1.29 is 5.11 Å². The Morgan fingerprint density at radius 1 is 1.21 bits per heavy atom. The molecule has 5 heteroatoms. The van der Waals surface area contributed by atoms with E-state index in [-0.39, 0.29) is 5.75 Å². The van der Waals surface area contributed by atoms with Crippen LogP contribution in [0.5, 0.6) is 5.75 Å². The highest BCUT2D eigenvalue weighted by Gasteiger charge is 1.99. The smallest absolute Gasteiger partial charge is 0.193 e. The normalized spacial score (nSPS) is 11.3. The van der Waals surface area contributed by atoms with Crippen LogP contribution >= 0.6 is 15.9 Å². The molecular weight excluding hydrogens is 306 g/mol. The van der Waals surface area contributed by atoms with Crippen molar-refractivity contribution in [2.24, 2.45) is 10.7 Å². The molecule has 0 heterocycles. The number of guanidine groups is 1. The molecule has 0 aliphatic rings. The van der Waals surface area contributed by atoms with Crippen LogP contribution in [0, 0.1) is 0 Å². The van der Waals surface area contributed by atoms with Gasteiger partial charge in [0.1, 0.15) is 5.75 Å². The van der Waals surface area contributed by atoms with Gasteiger partial charge in [-0.1, -0.05) is 24.3 Å². The lowest BCUT2D eigenvalue weighted by atomic mass is 10.2. The Morgan fingerprint density at radius 2 is 1.95 bits per heavy atom. The summed E-state index contributed by atoms with van der Waals surface area (Å²) < 4.78 is 0.648. The highest BCUT2D eigenvalue weighted by atomic mass is 79.9. The fourth-order valence-corrected chi connectivity index (χ4v) is 1.96. The number of nitrogens with zero attached hydrogens (tertiary/aromatic N) is 1. The van der Waals surface area contributed by atoms with Crippen LogP contribution in [0.3, 0.4) is 0 Å². The quantitative estimate of drug-likeness (QED) is 0.601. The molecule has 19 heavy (non-hydrogen) atoms. The van der Waals surface area contributed by atoms with Crippen LogP contribution < -0.4 is 11.1 Å². The van der Waals surface area contributed by atoms with Gasteiger partial charge in [0.05, 0.1) is 11.0 Å². The third kappa shape index (κ3) is 3.99. The molecule has 0 unspecified atom stereocenters. The van der Waals surface area contributed by atoms with Gasteiger partial charge in [0, 0.05) is 5.69 Å². The summed E-state index contributed by atoms with van der Waals surface area (Å²) in [6, 6.07) is 14.9. The zero-order chi connectivity index (χ0) is 13.7. The van der Waals surface area contributed by atoms with E-state index < -0.39 is 0 Å². The summed E-state index contributed by atoms with van der Waals surface area (Å²) in [6.07, 6.45) is 0. The van der Waals surface area contributed by atoms with Crippen LogP contribution in [0.4, 0.5) is 5.69 Å². The Bertz CT molecular complexity index is 584. The first kappa shape index (κ1) is 13.4. The number of phenols is 1. The molecule has 2 aromatic rings. The minimum atomic E-state index is 0.211. The highest BCUT2D eigenvalue weighted by molar-refractivity contribution is 9.10. The largest absolute Gasteiger partial charge is 0.507 e. The molecule has 0 atom stereocenters. The number of para-hydroxylation sites is 1. The monoisotopic (exact) mass is 319 g/mol. The molecule has 0 spiro atoms. The minimum Gasteiger partial charge on any atom is -0.507 e. The van der Waals surface area contributed by atoms with E-state index in [2.05, 4.69) is 26.2 Å². The second kappa shape index (κ2) is 6.24. The third-order valence-corrected chi connectivity index (χ3v) is 3.13.